The number of anilines is 1. The highest BCUT2D eigenvalue weighted by Gasteiger charge is 2.27. The van der Waals surface area contributed by atoms with E-state index in [9.17, 15) is 4.79 Å². The quantitative estimate of drug-likeness (QED) is 0.919. The molecule has 1 aromatic carbocycles. The number of aromatic nitrogens is 1. The molecule has 0 spiro atoms. The van der Waals surface area contributed by atoms with Gasteiger partial charge in [0.25, 0.3) is 0 Å². The summed E-state index contributed by atoms with van der Waals surface area (Å²) in [6, 6.07) is 7.78. The molecule has 1 aliphatic rings. The lowest BCUT2D eigenvalue weighted by atomic mass is 10.0. The standard InChI is InChI=1S/C16H22N4OS.ClH/c1-11(2)14(17)15(21)19-7-9-20(10-8-19)16-18-12-5-3-4-6-13(12)22-16;/h3-6,11,14H,7-10,17H2,1-2H3;1H/t14-;/m0./s1. The van der Waals surface area contributed by atoms with Crippen LogP contribution in [0.25, 0.3) is 10.2 Å². The van der Waals surface area contributed by atoms with Gasteiger partial charge in [-0.05, 0) is 18.1 Å². The molecule has 0 aliphatic carbocycles. The van der Waals surface area contributed by atoms with Crippen molar-refractivity contribution in [3.63, 3.8) is 0 Å². The predicted molar refractivity (Wildman–Crippen MR) is 98.5 cm³/mol. The molecule has 1 fully saturated rings. The first-order valence-electron chi connectivity index (χ1n) is 7.71. The normalized spacial score (nSPS) is 16.5. The first kappa shape index (κ1) is 18.0. The summed E-state index contributed by atoms with van der Waals surface area (Å²) in [7, 11) is 0. The van der Waals surface area contributed by atoms with Crippen molar-refractivity contribution in [1.29, 1.82) is 0 Å². The van der Waals surface area contributed by atoms with Crippen LogP contribution in [0.2, 0.25) is 0 Å². The van der Waals surface area contributed by atoms with Gasteiger partial charge >= 0.3 is 0 Å². The van der Waals surface area contributed by atoms with Gasteiger partial charge in [0.2, 0.25) is 5.91 Å². The number of fused-ring (bicyclic) bond motifs is 1. The van der Waals surface area contributed by atoms with Crippen molar-refractivity contribution in [2.24, 2.45) is 11.7 Å². The van der Waals surface area contributed by atoms with Gasteiger partial charge in [-0.25, -0.2) is 4.98 Å². The molecule has 1 amide bonds. The number of para-hydroxylation sites is 1. The smallest absolute Gasteiger partial charge is 0.239 e. The molecule has 1 aliphatic heterocycles. The van der Waals surface area contributed by atoms with Crippen LogP contribution in [-0.4, -0.2) is 48.0 Å². The number of carbonyl (C=O) groups excluding carboxylic acids is 1. The Kier molecular flexibility index (Phi) is 5.84. The van der Waals surface area contributed by atoms with Crippen LogP contribution in [0.15, 0.2) is 24.3 Å². The number of thiazole rings is 1. The number of carbonyl (C=O) groups is 1. The van der Waals surface area contributed by atoms with Crippen LogP contribution in [0.1, 0.15) is 13.8 Å². The lowest BCUT2D eigenvalue weighted by Crippen LogP contribution is -2.54. The zero-order valence-electron chi connectivity index (χ0n) is 13.4. The summed E-state index contributed by atoms with van der Waals surface area (Å²) in [6.45, 7) is 7.04. The summed E-state index contributed by atoms with van der Waals surface area (Å²) in [5.41, 5.74) is 7.02. The zero-order chi connectivity index (χ0) is 15.7. The molecule has 0 saturated carbocycles. The molecule has 2 N–H and O–H groups in total. The molecule has 1 atom stereocenters. The van der Waals surface area contributed by atoms with Crippen LogP contribution in [0.5, 0.6) is 0 Å². The molecule has 0 unspecified atom stereocenters. The van der Waals surface area contributed by atoms with Gasteiger partial charge in [-0.3, -0.25) is 4.79 Å². The van der Waals surface area contributed by atoms with Crippen LogP contribution in [0, 0.1) is 5.92 Å². The number of hydrogen-bond donors (Lipinski definition) is 1. The molecule has 3 rings (SSSR count). The Morgan fingerprint density at radius 2 is 1.87 bits per heavy atom. The van der Waals surface area contributed by atoms with Gasteiger partial charge in [-0.2, -0.15) is 0 Å². The SMILES string of the molecule is CC(C)[C@H](N)C(=O)N1CCN(c2nc3ccccc3s2)CC1.Cl. The fourth-order valence-electron chi connectivity index (χ4n) is 2.61. The molecular formula is C16H23ClN4OS. The van der Waals surface area contributed by atoms with Crippen molar-refractivity contribution in [2.45, 2.75) is 19.9 Å². The Morgan fingerprint density at radius 1 is 1.22 bits per heavy atom. The first-order chi connectivity index (χ1) is 10.6. The Morgan fingerprint density at radius 3 is 2.48 bits per heavy atom. The molecule has 1 aromatic heterocycles. The highest BCUT2D eigenvalue weighted by molar-refractivity contribution is 7.22. The Bertz CT molecular complexity index is 634. The zero-order valence-corrected chi connectivity index (χ0v) is 15.1. The van der Waals surface area contributed by atoms with Gasteiger partial charge in [0.15, 0.2) is 5.13 Å². The van der Waals surface area contributed by atoms with E-state index in [2.05, 4.69) is 16.0 Å². The maximum Gasteiger partial charge on any atom is 0.239 e. The summed E-state index contributed by atoms with van der Waals surface area (Å²) in [4.78, 5) is 21.1. The molecule has 0 radical (unpaired) electrons. The lowest BCUT2D eigenvalue weighted by molar-refractivity contribution is -0.133. The molecule has 126 valence electrons. The Balaban J connectivity index is 0.00000192. The van der Waals surface area contributed by atoms with E-state index in [1.54, 1.807) is 11.3 Å². The second kappa shape index (κ2) is 7.47. The van der Waals surface area contributed by atoms with Gasteiger partial charge in [0.05, 0.1) is 16.3 Å². The lowest BCUT2D eigenvalue weighted by Gasteiger charge is -2.36. The summed E-state index contributed by atoms with van der Waals surface area (Å²) >= 11 is 1.71. The van der Waals surface area contributed by atoms with Gasteiger partial charge in [-0.1, -0.05) is 37.3 Å². The molecule has 1 saturated heterocycles. The van der Waals surface area contributed by atoms with Crippen LogP contribution < -0.4 is 10.6 Å². The van der Waals surface area contributed by atoms with Crippen molar-refractivity contribution in [2.75, 3.05) is 31.1 Å². The van der Waals surface area contributed by atoms with E-state index >= 15 is 0 Å². The third-order valence-electron chi connectivity index (χ3n) is 4.15. The van der Waals surface area contributed by atoms with E-state index < -0.39 is 6.04 Å². The van der Waals surface area contributed by atoms with Crippen LogP contribution in [0.3, 0.4) is 0 Å². The molecule has 2 heterocycles. The van der Waals surface area contributed by atoms with Crippen LogP contribution in [0.4, 0.5) is 5.13 Å². The largest absolute Gasteiger partial charge is 0.345 e. The topological polar surface area (TPSA) is 62.5 Å². The number of benzene rings is 1. The predicted octanol–water partition coefficient (Wildman–Crippen LogP) is 2.35. The summed E-state index contributed by atoms with van der Waals surface area (Å²) in [6.07, 6.45) is 0. The number of piperazine rings is 1. The molecule has 23 heavy (non-hydrogen) atoms. The van der Waals surface area contributed by atoms with E-state index in [1.165, 1.54) is 4.70 Å². The number of amides is 1. The summed E-state index contributed by atoms with van der Waals surface area (Å²) in [5, 5.41) is 1.04. The van der Waals surface area contributed by atoms with E-state index in [4.69, 9.17) is 5.73 Å². The van der Waals surface area contributed by atoms with Crippen molar-refractivity contribution >= 4 is 45.0 Å². The Hall–Kier alpha value is -1.37. The Labute approximate surface area is 146 Å². The van der Waals surface area contributed by atoms with Crippen molar-refractivity contribution < 1.29 is 4.79 Å². The van der Waals surface area contributed by atoms with Gasteiger partial charge < -0.3 is 15.5 Å². The number of nitrogens with two attached hydrogens (primary N) is 1. The number of rotatable bonds is 3. The molecule has 2 aromatic rings. The van der Waals surface area contributed by atoms with Crippen molar-refractivity contribution in [3.05, 3.63) is 24.3 Å². The van der Waals surface area contributed by atoms with Gasteiger partial charge in [-0.15, -0.1) is 12.4 Å². The second-order valence-corrected chi connectivity index (χ2v) is 7.06. The number of hydrogen-bond acceptors (Lipinski definition) is 5. The molecule has 0 bridgehead atoms. The molecule has 7 heteroatoms. The fraction of sp³-hybridized carbons (Fsp3) is 0.500. The van der Waals surface area contributed by atoms with E-state index in [0.29, 0.717) is 0 Å². The average Bonchev–Trinajstić information content (AvgIpc) is 2.97. The van der Waals surface area contributed by atoms with Crippen LogP contribution >= 0.6 is 23.7 Å². The minimum Gasteiger partial charge on any atom is -0.345 e. The maximum atomic E-state index is 12.3. The van der Waals surface area contributed by atoms with Crippen molar-refractivity contribution in [3.8, 4) is 0 Å². The van der Waals surface area contributed by atoms with Crippen LogP contribution in [-0.2, 0) is 4.79 Å². The van der Waals surface area contributed by atoms with E-state index in [0.717, 1.165) is 36.8 Å². The van der Waals surface area contributed by atoms with Gasteiger partial charge in [0.1, 0.15) is 0 Å². The highest BCUT2D eigenvalue weighted by Crippen LogP contribution is 2.29. The highest BCUT2D eigenvalue weighted by atomic mass is 35.5. The van der Waals surface area contributed by atoms with E-state index in [1.807, 2.05) is 36.9 Å². The summed E-state index contributed by atoms with van der Waals surface area (Å²) < 4.78 is 1.21. The second-order valence-electron chi connectivity index (χ2n) is 6.05. The molecular weight excluding hydrogens is 332 g/mol. The fourth-order valence-corrected chi connectivity index (χ4v) is 3.63. The maximum absolute atomic E-state index is 12.3. The minimum atomic E-state index is -0.394. The third-order valence-corrected chi connectivity index (χ3v) is 5.25. The van der Waals surface area contributed by atoms with E-state index in [-0.39, 0.29) is 24.2 Å². The number of nitrogens with zero attached hydrogens (tertiary/aromatic N) is 3. The monoisotopic (exact) mass is 354 g/mol. The molecule has 5 nitrogen and oxygen atoms in total. The van der Waals surface area contributed by atoms with Gasteiger partial charge in [0, 0.05) is 26.2 Å². The number of halogens is 1. The minimum absolute atomic E-state index is 0. The average molecular weight is 355 g/mol. The summed E-state index contributed by atoms with van der Waals surface area (Å²) in [5.74, 6) is 0.244. The van der Waals surface area contributed by atoms with Crippen molar-refractivity contribution in [1.82, 2.24) is 9.88 Å². The third kappa shape index (κ3) is 3.76. The first-order valence-corrected chi connectivity index (χ1v) is 8.53.